The van der Waals surface area contributed by atoms with Gasteiger partial charge in [-0.2, -0.15) is 0 Å². The zero-order valence-electron chi connectivity index (χ0n) is 20.4. The molecule has 13 heteroatoms. The van der Waals surface area contributed by atoms with Gasteiger partial charge in [0.25, 0.3) is 0 Å². The summed E-state index contributed by atoms with van der Waals surface area (Å²) in [7, 11) is 0. The summed E-state index contributed by atoms with van der Waals surface area (Å²) in [6.45, 7) is 4.51. The molecule has 2 rings (SSSR count). The maximum atomic E-state index is 11.4. The zero-order valence-corrected chi connectivity index (χ0v) is 20.4. The Morgan fingerprint density at radius 1 is 0.889 bits per heavy atom. The average molecular weight is 505 g/mol. The standard InChI is InChI=1S/C23H36N8O5/c24-14-21(26-18-25)20-3-1-2-19(27-20)15-29-8-10-30(16-22(33)34)6-4-28(12-13-32)5-7-31(11-9-29)17-23(35)36/h1-3,13-14,18H,4-12,15-17,24H2,(H2,25,26)(H,33,34)(H,35,36)/b21-14-. The number of nitrogens with two attached hydrogens (primary N) is 2. The summed E-state index contributed by atoms with van der Waals surface area (Å²) < 4.78 is 0. The van der Waals surface area contributed by atoms with Crippen molar-refractivity contribution in [3.8, 4) is 0 Å². The van der Waals surface area contributed by atoms with Crippen LogP contribution in [0.4, 0.5) is 0 Å². The first-order valence-corrected chi connectivity index (χ1v) is 11.7. The highest BCUT2D eigenvalue weighted by molar-refractivity contribution is 5.70. The van der Waals surface area contributed by atoms with E-state index in [0.29, 0.717) is 70.3 Å². The SMILES string of the molecule is NC=N/C(=C\N)c1cccc(CN2CCN(CC(=O)O)CCN(CC=O)CCN(CC(=O)O)CC2)n1. The van der Waals surface area contributed by atoms with Crippen LogP contribution in [0, 0.1) is 0 Å². The normalized spacial score (nSPS) is 18.5. The zero-order chi connectivity index (χ0) is 26.3. The van der Waals surface area contributed by atoms with Crippen LogP contribution in [0.3, 0.4) is 0 Å². The molecule has 1 fully saturated rings. The van der Waals surface area contributed by atoms with E-state index in [-0.39, 0.29) is 19.6 Å². The molecule has 0 spiro atoms. The van der Waals surface area contributed by atoms with Crippen LogP contribution in [0.25, 0.3) is 5.70 Å². The van der Waals surface area contributed by atoms with Gasteiger partial charge in [-0.05, 0) is 12.1 Å². The molecular formula is C23H36N8O5. The van der Waals surface area contributed by atoms with E-state index in [1.807, 2.05) is 26.8 Å². The summed E-state index contributed by atoms with van der Waals surface area (Å²) in [6.07, 6.45) is 3.28. The number of nitrogens with zero attached hydrogens (tertiary/aromatic N) is 6. The molecule has 0 amide bonds. The molecular weight excluding hydrogens is 468 g/mol. The third-order valence-corrected chi connectivity index (χ3v) is 5.81. The molecule has 1 aliphatic heterocycles. The summed E-state index contributed by atoms with van der Waals surface area (Å²) in [5.41, 5.74) is 12.8. The Kier molecular flexibility index (Phi) is 12.5. The lowest BCUT2D eigenvalue weighted by Crippen LogP contribution is -2.47. The molecule has 1 aliphatic rings. The van der Waals surface area contributed by atoms with Crippen molar-refractivity contribution in [3.05, 3.63) is 35.8 Å². The number of hydrogen-bond donors (Lipinski definition) is 4. The Morgan fingerprint density at radius 2 is 1.42 bits per heavy atom. The van der Waals surface area contributed by atoms with Gasteiger partial charge in [-0.1, -0.05) is 6.07 Å². The molecule has 13 nitrogen and oxygen atoms in total. The van der Waals surface area contributed by atoms with Gasteiger partial charge >= 0.3 is 11.9 Å². The third-order valence-electron chi connectivity index (χ3n) is 5.81. The Labute approximate surface area is 210 Å². The molecule has 1 saturated heterocycles. The van der Waals surface area contributed by atoms with E-state index in [0.717, 1.165) is 18.3 Å². The van der Waals surface area contributed by atoms with Gasteiger partial charge in [0.15, 0.2) is 0 Å². The smallest absolute Gasteiger partial charge is 0.317 e. The van der Waals surface area contributed by atoms with Gasteiger partial charge in [-0.3, -0.25) is 29.2 Å². The van der Waals surface area contributed by atoms with E-state index in [2.05, 4.69) is 14.9 Å². The molecule has 36 heavy (non-hydrogen) atoms. The average Bonchev–Trinajstić information content (AvgIpc) is 2.83. The van der Waals surface area contributed by atoms with Crippen molar-refractivity contribution in [1.29, 1.82) is 0 Å². The lowest BCUT2D eigenvalue weighted by Gasteiger charge is -2.33. The minimum absolute atomic E-state index is 0.108. The second kappa shape index (κ2) is 15.6. The fraction of sp³-hybridized carbons (Fsp3) is 0.522. The van der Waals surface area contributed by atoms with Crippen molar-refractivity contribution >= 4 is 30.3 Å². The van der Waals surface area contributed by atoms with Crippen LogP contribution in [0.2, 0.25) is 0 Å². The Hall–Kier alpha value is -3.39. The minimum atomic E-state index is -0.917. The highest BCUT2D eigenvalue weighted by atomic mass is 16.4. The Morgan fingerprint density at radius 3 is 1.89 bits per heavy atom. The van der Waals surface area contributed by atoms with Crippen LogP contribution in [0.5, 0.6) is 0 Å². The first-order chi connectivity index (χ1) is 17.3. The first-order valence-electron chi connectivity index (χ1n) is 11.7. The number of carbonyl (C=O) groups excluding carboxylic acids is 1. The number of carboxylic acid groups (broad SMARTS) is 2. The molecule has 0 unspecified atom stereocenters. The van der Waals surface area contributed by atoms with Crippen molar-refractivity contribution in [1.82, 2.24) is 24.6 Å². The predicted octanol–water partition coefficient (Wildman–Crippen LogP) is -1.58. The van der Waals surface area contributed by atoms with Crippen LogP contribution in [-0.4, -0.2) is 131 Å². The third kappa shape index (κ3) is 10.5. The largest absolute Gasteiger partial charge is 0.480 e. The Bertz CT molecular complexity index is 894. The number of carboxylic acids is 2. The quantitative estimate of drug-likeness (QED) is 0.163. The molecule has 1 aromatic heterocycles. The second-order valence-corrected chi connectivity index (χ2v) is 8.43. The van der Waals surface area contributed by atoms with Crippen molar-refractivity contribution in [2.75, 3.05) is 72.0 Å². The van der Waals surface area contributed by atoms with Gasteiger partial charge in [0, 0.05) is 65.1 Å². The number of rotatable bonds is 10. The highest BCUT2D eigenvalue weighted by Crippen LogP contribution is 2.13. The maximum Gasteiger partial charge on any atom is 0.317 e. The number of carbonyl (C=O) groups is 3. The molecule has 0 atom stereocenters. The minimum Gasteiger partial charge on any atom is -0.480 e. The summed E-state index contributed by atoms with van der Waals surface area (Å²) in [5, 5.41) is 18.7. The van der Waals surface area contributed by atoms with Gasteiger partial charge < -0.3 is 26.5 Å². The van der Waals surface area contributed by atoms with Gasteiger partial charge in [0.2, 0.25) is 0 Å². The van der Waals surface area contributed by atoms with Crippen LogP contribution >= 0.6 is 0 Å². The van der Waals surface area contributed by atoms with Crippen LogP contribution in [-0.2, 0) is 20.9 Å². The van der Waals surface area contributed by atoms with E-state index in [9.17, 15) is 24.6 Å². The molecule has 0 saturated carbocycles. The molecule has 0 bridgehead atoms. The molecule has 0 radical (unpaired) electrons. The summed E-state index contributed by atoms with van der Waals surface area (Å²) in [6, 6.07) is 5.50. The molecule has 0 aliphatic carbocycles. The fourth-order valence-corrected chi connectivity index (χ4v) is 3.94. The number of hydrogen-bond acceptors (Lipinski definition) is 10. The van der Waals surface area contributed by atoms with Crippen molar-refractivity contribution < 1.29 is 24.6 Å². The maximum absolute atomic E-state index is 11.4. The van der Waals surface area contributed by atoms with Crippen molar-refractivity contribution in [2.24, 2.45) is 16.5 Å². The number of aromatic nitrogens is 1. The summed E-state index contributed by atoms with van der Waals surface area (Å²) in [4.78, 5) is 50.3. The number of pyridine rings is 1. The van der Waals surface area contributed by atoms with Gasteiger partial charge in [-0.15, -0.1) is 0 Å². The number of aliphatic imine (C=N–C) groups is 1. The van der Waals surface area contributed by atoms with E-state index in [4.69, 9.17) is 11.5 Å². The van der Waals surface area contributed by atoms with Crippen LogP contribution in [0.15, 0.2) is 29.4 Å². The van der Waals surface area contributed by atoms with Crippen molar-refractivity contribution in [2.45, 2.75) is 6.54 Å². The molecule has 0 aromatic carbocycles. The van der Waals surface area contributed by atoms with E-state index in [1.165, 1.54) is 6.20 Å². The van der Waals surface area contributed by atoms with Gasteiger partial charge in [-0.25, -0.2) is 9.98 Å². The molecule has 6 N–H and O–H groups in total. The van der Waals surface area contributed by atoms with Crippen molar-refractivity contribution in [3.63, 3.8) is 0 Å². The first kappa shape index (κ1) is 28.8. The summed E-state index contributed by atoms with van der Waals surface area (Å²) >= 11 is 0. The highest BCUT2D eigenvalue weighted by Gasteiger charge is 2.19. The van der Waals surface area contributed by atoms with E-state index >= 15 is 0 Å². The Balaban J connectivity index is 2.23. The van der Waals surface area contributed by atoms with E-state index in [1.54, 1.807) is 6.07 Å². The fourth-order valence-electron chi connectivity index (χ4n) is 3.94. The van der Waals surface area contributed by atoms with Crippen LogP contribution < -0.4 is 11.5 Å². The number of aldehydes is 1. The number of aliphatic carboxylic acids is 2. The van der Waals surface area contributed by atoms with Gasteiger partial charge in [0.1, 0.15) is 12.0 Å². The van der Waals surface area contributed by atoms with E-state index < -0.39 is 11.9 Å². The summed E-state index contributed by atoms with van der Waals surface area (Å²) in [5.74, 6) is -1.83. The molecule has 1 aromatic rings. The van der Waals surface area contributed by atoms with Crippen LogP contribution in [0.1, 0.15) is 11.4 Å². The predicted molar refractivity (Wildman–Crippen MR) is 135 cm³/mol. The lowest BCUT2D eigenvalue weighted by molar-refractivity contribution is -0.139. The monoisotopic (exact) mass is 504 g/mol. The topological polar surface area (TPSA) is 182 Å². The lowest BCUT2D eigenvalue weighted by atomic mass is 10.2. The van der Waals surface area contributed by atoms with Gasteiger partial charge in [0.05, 0.1) is 37.4 Å². The molecule has 198 valence electrons. The molecule has 2 heterocycles. The second-order valence-electron chi connectivity index (χ2n) is 8.43.